The Kier molecular flexibility index (Phi) is 6.48. The van der Waals surface area contributed by atoms with Gasteiger partial charge in [-0.05, 0) is 42.5 Å². The highest BCUT2D eigenvalue weighted by Crippen LogP contribution is 2.34. The lowest BCUT2D eigenvalue weighted by atomic mass is 10.1. The number of nitrogens with one attached hydrogen (secondary N) is 2. The molecule has 0 spiro atoms. The van der Waals surface area contributed by atoms with Gasteiger partial charge in [-0.1, -0.05) is 35.9 Å². The van der Waals surface area contributed by atoms with Gasteiger partial charge in [0.1, 0.15) is 5.01 Å². The van der Waals surface area contributed by atoms with E-state index in [0.29, 0.717) is 45.8 Å². The average Bonchev–Trinajstić information content (AvgIpc) is 3.41. The molecule has 164 valence electrons. The van der Waals surface area contributed by atoms with Gasteiger partial charge in [-0.25, -0.2) is 0 Å². The summed E-state index contributed by atoms with van der Waals surface area (Å²) in [5, 5.41) is 15.4. The molecule has 1 aromatic heterocycles. The van der Waals surface area contributed by atoms with Crippen LogP contribution in [0.25, 0.3) is 0 Å². The first-order valence-electron chi connectivity index (χ1n) is 10.0. The number of anilines is 3. The Labute approximate surface area is 193 Å². The number of carbonyl (C=O) groups excluding carboxylic acids is 3. The fourth-order valence-electron chi connectivity index (χ4n) is 3.35. The Morgan fingerprint density at radius 2 is 1.94 bits per heavy atom. The summed E-state index contributed by atoms with van der Waals surface area (Å²) in [5.74, 6) is -0.585. The minimum Gasteiger partial charge on any atom is -0.326 e. The van der Waals surface area contributed by atoms with E-state index in [4.69, 9.17) is 11.6 Å². The van der Waals surface area contributed by atoms with Gasteiger partial charge >= 0.3 is 0 Å². The van der Waals surface area contributed by atoms with Gasteiger partial charge < -0.3 is 10.2 Å². The van der Waals surface area contributed by atoms with Crippen LogP contribution in [0.5, 0.6) is 0 Å². The van der Waals surface area contributed by atoms with E-state index >= 15 is 0 Å². The maximum absolute atomic E-state index is 12.6. The van der Waals surface area contributed by atoms with Crippen LogP contribution in [-0.2, 0) is 9.59 Å². The van der Waals surface area contributed by atoms with Crippen LogP contribution < -0.4 is 15.5 Å². The van der Waals surface area contributed by atoms with Crippen LogP contribution in [0, 0.1) is 0 Å². The lowest BCUT2D eigenvalue weighted by Gasteiger charge is -2.16. The zero-order valence-corrected chi connectivity index (χ0v) is 18.7. The largest absolute Gasteiger partial charge is 0.326 e. The third kappa shape index (κ3) is 4.95. The highest BCUT2D eigenvalue weighted by Gasteiger charge is 2.34. The molecule has 2 heterocycles. The Bertz CT molecular complexity index is 1160. The molecule has 0 aliphatic carbocycles. The first-order valence-corrected chi connectivity index (χ1v) is 11.2. The van der Waals surface area contributed by atoms with Gasteiger partial charge in [0.2, 0.25) is 16.9 Å². The fourth-order valence-corrected chi connectivity index (χ4v) is 4.31. The summed E-state index contributed by atoms with van der Waals surface area (Å²) >= 11 is 7.18. The number of carbonyl (C=O) groups is 3. The SMILES string of the molecule is CCC(=O)Nc1cccc(C(=O)Nc2nnc(C3CC(=O)N(c4ccc(Cl)cc4)C3)s2)c1. The molecule has 2 N–H and O–H groups in total. The quantitative estimate of drug-likeness (QED) is 0.559. The molecule has 1 atom stereocenters. The number of nitrogens with zero attached hydrogens (tertiary/aromatic N) is 3. The molecule has 0 bridgehead atoms. The number of benzene rings is 2. The lowest BCUT2D eigenvalue weighted by molar-refractivity contribution is -0.117. The van der Waals surface area contributed by atoms with Gasteiger partial charge in [0.25, 0.3) is 5.91 Å². The van der Waals surface area contributed by atoms with Crippen molar-refractivity contribution < 1.29 is 14.4 Å². The summed E-state index contributed by atoms with van der Waals surface area (Å²) in [7, 11) is 0. The zero-order chi connectivity index (χ0) is 22.7. The van der Waals surface area contributed by atoms with Crippen LogP contribution >= 0.6 is 22.9 Å². The van der Waals surface area contributed by atoms with Crippen LogP contribution in [0.1, 0.15) is 41.0 Å². The van der Waals surface area contributed by atoms with Crippen molar-refractivity contribution in [2.75, 3.05) is 22.1 Å². The number of hydrogen-bond donors (Lipinski definition) is 2. The summed E-state index contributed by atoms with van der Waals surface area (Å²) in [6.45, 7) is 2.24. The summed E-state index contributed by atoms with van der Waals surface area (Å²) in [5.41, 5.74) is 1.73. The fraction of sp³-hybridized carbons (Fsp3) is 0.227. The summed E-state index contributed by atoms with van der Waals surface area (Å²) in [6, 6.07) is 13.8. The van der Waals surface area contributed by atoms with Crippen molar-refractivity contribution >= 4 is 57.2 Å². The van der Waals surface area contributed by atoms with E-state index in [1.807, 2.05) is 12.1 Å². The Morgan fingerprint density at radius 3 is 2.69 bits per heavy atom. The van der Waals surface area contributed by atoms with Gasteiger partial charge in [0.05, 0.1) is 0 Å². The number of halogens is 1. The summed E-state index contributed by atoms with van der Waals surface area (Å²) < 4.78 is 0. The van der Waals surface area contributed by atoms with Crippen molar-refractivity contribution in [1.82, 2.24) is 10.2 Å². The van der Waals surface area contributed by atoms with Crippen LogP contribution in [0.15, 0.2) is 48.5 Å². The molecular weight excluding hydrogens is 450 g/mol. The van der Waals surface area contributed by atoms with E-state index in [0.717, 1.165) is 5.69 Å². The summed E-state index contributed by atoms with van der Waals surface area (Å²) in [6.07, 6.45) is 0.674. The zero-order valence-electron chi connectivity index (χ0n) is 17.2. The van der Waals surface area contributed by atoms with Crippen molar-refractivity contribution in [3.05, 3.63) is 64.1 Å². The van der Waals surface area contributed by atoms with Gasteiger partial charge in [-0.15, -0.1) is 10.2 Å². The molecule has 3 aromatic rings. The van der Waals surface area contributed by atoms with Gasteiger partial charge in [0, 0.05) is 47.3 Å². The topological polar surface area (TPSA) is 104 Å². The molecule has 1 aliphatic rings. The Morgan fingerprint density at radius 1 is 1.16 bits per heavy atom. The maximum Gasteiger partial charge on any atom is 0.257 e. The minimum absolute atomic E-state index is 0.00375. The molecule has 4 rings (SSSR count). The second-order valence-corrected chi connectivity index (χ2v) is 8.71. The molecule has 0 saturated carbocycles. The molecule has 1 saturated heterocycles. The van der Waals surface area contributed by atoms with Crippen LogP contribution in [0.3, 0.4) is 0 Å². The molecule has 3 amide bonds. The monoisotopic (exact) mass is 469 g/mol. The van der Waals surface area contributed by atoms with E-state index in [1.165, 1.54) is 11.3 Å². The number of hydrogen-bond acceptors (Lipinski definition) is 6. The smallest absolute Gasteiger partial charge is 0.257 e. The number of amides is 3. The molecule has 1 aliphatic heterocycles. The molecule has 32 heavy (non-hydrogen) atoms. The van der Waals surface area contributed by atoms with Crippen molar-refractivity contribution in [2.45, 2.75) is 25.7 Å². The lowest BCUT2D eigenvalue weighted by Crippen LogP contribution is -2.24. The maximum atomic E-state index is 12.6. The standard InChI is InChI=1S/C22H20ClN5O3S/c1-2-18(29)24-16-5-3-4-13(10-16)20(31)25-22-27-26-21(32-22)14-11-19(30)28(12-14)17-8-6-15(23)7-9-17/h3-10,14H,2,11-12H2,1H3,(H,24,29)(H,25,27,31). The van der Waals surface area contributed by atoms with E-state index < -0.39 is 0 Å². The second-order valence-electron chi connectivity index (χ2n) is 7.26. The van der Waals surface area contributed by atoms with Crippen molar-refractivity contribution in [2.24, 2.45) is 0 Å². The third-order valence-corrected chi connectivity index (χ3v) is 6.26. The number of rotatable bonds is 6. The molecular formula is C22H20ClN5O3S. The second kappa shape index (κ2) is 9.46. The first kappa shape index (κ1) is 21.9. The first-order chi connectivity index (χ1) is 15.4. The minimum atomic E-state index is -0.356. The van der Waals surface area contributed by atoms with Crippen LogP contribution in [0.4, 0.5) is 16.5 Å². The normalized spacial score (nSPS) is 15.6. The third-order valence-electron chi connectivity index (χ3n) is 5.00. The van der Waals surface area contributed by atoms with Gasteiger partial charge in [0.15, 0.2) is 0 Å². The predicted molar refractivity (Wildman–Crippen MR) is 124 cm³/mol. The molecule has 0 radical (unpaired) electrons. The average molecular weight is 470 g/mol. The molecule has 1 unspecified atom stereocenters. The van der Waals surface area contributed by atoms with E-state index in [9.17, 15) is 14.4 Å². The predicted octanol–water partition coefficient (Wildman–Crippen LogP) is 4.31. The van der Waals surface area contributed by atoms with Gasteiger partial charge in [-0.2, -0.15) is 0 Å². The van der Waals surface area contributed by atoms with E-state index in [2.05, 4.69) is 20.8 Å². The molecule has 8 nitrogen and oxygen atoms in total. The van der Waals surface area contributed by atoms with Crippen molar-refractivity contribution in [1.29, 1.82) is 0 Å². The Balaban J connectivity index is 1.41. The molecule has 1 fully saturated rings. The van der Waals surface area contributed by atoms with Crippen LogP contribution in [0.2, 0.25) is 5.02 Å². The highest BCUT2D eigenvalue weighted by atomic mass is 35.5. The molecule has 2 aromatic carbocycles. The van der Waals surface area contributed by atoms with Crippen molar-refractivity contribution in [3.63, 3.8) is 0 Å². The van der Waals surface area contributed by atoms with E-state index in [-0.39, 0.29) is 23.6 Å². The van der Waals surface area contributed by atoms with E-state index in [1.54, 1.807) is 48.2 Å². The van der Waals surface area contributed by atoms with Crippen molar-refractivity contribution in [3.8, 4) is 0 Å². The Hall–Kier alpha value is -3.30. The number of aromatic nitrogens is 2. The molecule has 10 heteroatoms. The highest BCUT2D eigenvalue weighted by molar-refractivity contribution is 7.15. The summed E-state index contributed by atoms with van der Waals surface area (Å²) in [4.78, 5) is 38.4. The van der Waals surface area contributed by atoms with Crippen LogP contribution in [-0.4, -0.2) is 34.5 Å². The van der Waals surface area contributed by atoms with Gasteiger partial charge in [-0.3, -0.25) is 19.7 Å².